The third-order valence-electron chi connectivity index (χ3n) is 10.4. The lowest BCUT2D eigenvalue weighted by molar-refractivity contribution is 1.07. The van der Waals surface area contributed by atoms with Crippen LogP contribution in [0, 0.1) is 11.3 Å². The lowest BCUT2D eigenvalue weighted by atomic mass is 10.1. The van der Waals surface area contributed by atoms with Crippen molar-refractivity contribution >= 4 is 27.9 Å². The Bertz CT molecular complexity index is 2960. The van der Waals surface area contributed by atoms with Crippen LogP contribution in [0.5, 0.6) is 0 Å². The molecule has 0 saturated heterocycles. The Morgan fingerprint density at radius 2 is 0.783 bits per heavy atom. The number of benzene rings is 7. The van der Waals surface area contributed by atoms with Crippen molar-refractivity contribution < 1.29 is 0 Å². The van der Waals surface area contributed by atoms with Gasteiger partial charge in [0.15, 0.2) is 34.9 Å². The van der Waals surface area contributed by atoms with Crippen LogP contribution >= 0.6 is 0 Å². The quantitative estimate of drug-likeness (QED) is 0.151. The van der Waals surface area contributed by atoms with Crippen LogP contribution in [0.4, 0.5) is 0 Å². The molecular weight excluding hydrogens is 737 g/mol. The summed E-state index contributed by atoms with van der Waals surface area (Å²) in [7, 11) is 0. The van der Waals surface area contributed by atoms with Crippen molar-refractivity contribution in [1.82, 2.24) is 34.5 Å². The predicted molar refractivity (Wildman–Crippen MR) is 240 cm³/mol. The van der Waals surface area contributed by atoms with Crippen LogP contribution in [0.2, 0.25) is 0 Å². The van der Waals surface area contributed by atoms with Gasteiger partial charge >= 0.3 is 0 Å². The van der Waals surface area contributed by atoms with Crippen molar-refractivity contribution in [1.29, 1.82) is 5.26 Å². The molecule has 0 amide bonds. The van der Waals surface area contributed by atoms with Gasteiger partial charge in [-0.1, -0.05) is 133 Å². The molecule has 3 aromatic heterocycles. The molecule has 60 heavy (non-hydrogen) atoms. The minimum absolute atomic E-state index is 0.562. The molecule has 7 aromatic carbocycles. The first-order valence-corrected chi connectivity index (χ1v) is 19.6. The maximum atomic E-state index is 9.83. The van der Waals surface area contributed by atoms with Crippen molar-refractivity contribution in [3.63, 3.8) is 0 Å². The Balaban J connectivity index is 1.22. The molecule has 0 N–H and O–H groups in total. The Labute approximate surface area is 346 Å². The number of hydrogen-bond donors (Lipinski definition) is 0. The highest BCUT2D eigenvalue weighted by Crippen LogP contribution is 2.38. The van der Waals surface area contributed by atoms with Crippen LogP contribution in [0.3, 0.4) is 0 Å². The van der Waals surface area contributed by atoms with Gasteiger partial charge in [-0.05, 0) is 67.1 Å². The first-order chi connectivity index (χ1) is 29.6. The Morgan fingerprint density at radius 1 is 0.417 bits per heavy atom. The predicted octanol–water partition coefficient (Wildman–Crippen LogP) is 12.1. The van der Waals surface area contributed by atoms with Gasteiger partial charge in [-0.3, -0.25) is 0 Å². The fourth-order valence-corrected chi connectivity index (χ4v) is 7.58. The van der Waals surface area contributed by atoms with E-state index in [1.165, 1.54) is 0 Å². The average Bonchev–Trinajstić information content (AvgIpc) is 3.65. The molecule has 0 aliphatic heterocycles. The molecule has 0 fully saturated rings. The molecule has 0 aliphatic rings. The van der Waals surface area contributed by atoms with E-state index in [-0.39, 0.29) is 0 Å². The van der Waals surface area contributed by atoms with E-state index >= 15 is 0 Å². The van der Waals surface area contributed by atoms with E-state index < -0.39 is 0 Å². The summed E-state index contributed by atoms with van der Waals surface area (Å²) in [6, 6.07) is 60.8. The maximum absolute atomic E-state index is 9.83. The number of hydrogen-bond acceptors (Lipinski definition) is 7. The van der Waals surface area contributed by atoms with Crippen LogP contribution in [0.15, 0.2) is 182 Å². The standard InChI is InChI=1S/C52H34N8/c1-2-15-39-30-34(33-53)24-27-44(39)60-45-28-25-40(51-56-47(35-16-7-3-8-17-35)54-48(57-51)36-18-9-4-10-19-36)31-42(45)43-32-41(26-29-46(43)60)52-58-49(37-20-11-5-12-21-37)55-50(59-52)38-22-13-6-14-23-38/h2-32H,1H3/b15-2+. The second-order valence-electron chi connectivity index (χ2n) is 14.3. The van der Waals surface area contributed by atoms with Crippen molar-refractivity contribution in [2.24, 2.45) is 0 Å². The van der Waals surface area contributed by atoms with E-state index in [1.54, 1.807) is 0 Å². The van der Waals surface area contributed by atoms with Crippen LogP contribution in [-0.4, -0.2) is 34.5 Å². The lowest BCUT2D eigenvalue weighted by Crippen LogP contribution is -2.00. The van der Waals surface area contributed by atoms with E-state index in [0.717, 1.165) is 66.4 Å². The SMILES string of the molecule is C/C=C/c1cc(C#N)ccc1-n1c2ccc(-c3nc(-c4ccccc4)nc(-c4ccccc4)n3)cc2c2cc(-c3nc(-c4ccccc4)nc(-c4ccccc4)n3)ccc21. The van der Waals surface area contributed by atoms with E-state index in [4.69, 9.17) is 29.9 Å². The molecule has 0 aliphatic carbocycles. The fourth-order valence-electron chi connectivity index (χ4n) is 7.58. The van der Waals surface area contributed by atoms with Crippen molar-refractivity contribution in [3.05, 3.63) is 193 Å². The van der Waals surface area contributed by atoms with Crippen LogP contribution in [0.1, 0.15) is 18.1 Å². The van der Waals surface area contributed by atoms with Crippen LogP contribution < -0.4 is 0 Å². The number of nitriles is 1. The van der Waals surface area contributed by atoms with Gasteiger partial charge in [-0.2, -0.15) is 5.26 Å². The highest BCUT2D eigenvalue weighted by molar-refractivity contribution is 6.11. The van der Waals surface area contributed by atoms with Gasteiger partial charge in [0, 0.05) is 44.2 Å². The normalized spacial score (nSPS) is 11.3. The first-order valence-electron chi connectivity index (χ1n) is 19.6. The molecule has 10 aromatic rings. The third-order valence-corrected chi connectivity index (χ3v) is 10.4. The summed E-state index contributed by atoms with van der Waals surface area (Å²) >= 11 is 0. The summed E-state index contributed by atoms with van der Waals surface area (Å²) in [5, 5.41) is 11.8. The molecule has 0 unspecified atom stereocenters. The molecule has 282 valence electrons. The van der Waals surface area contributed by atoms with Gasteiger partial charge in [0.2, 0.25) is 0 Å². The smallest absolute Gasteiger partial charge is 0.164 e. The largest absolute Gasteiger partial charge is 0.309 e. The number of allylic oxidation sites excluding steroid dienone is 1. The van der Waals surface area contributed by atoms with Crippen LogP contribution in [-0.2, 0) is 0 Å². The summed E-state index contributed by atoms with van der Waals surface area (Å²) in [6.07, 6.45) is 4.04. The zero-order chi connectivity index (χ0) is 40.4. The lowest BCUT2D eigenvalue weighted by Gasteiger charge is -2.13. The molecule has 0 bridgehead atoms. The van der Waals surface area contributed by atoms with Gasteiger partial charge < -0.3 is 4.57 Å². The Kier molecular flexibility index (Phi) is 9.29. The maximum Gasteiger partial charge on any atom is 0.164 e. The Morgan fingerprint density at radius 3 is 1.13 bits per heavy atom. The molecule has 0 spiro atoms. The van der Waals surface area contributed by atoms with Gasteiger partial charge in [-0.15, -0.1) is 0 Å². The molecular formula is C52H34N8. The highest BCUT2D eigenvalue weighted by Gasteiger charge is 2.20. The summed E-state index contributed by atoms with van der Waals surface area (Å²) in [5.41, 5.74) is 9.72. The van der Waals surface area contributed by atoms with Gasteiger partial charge in [-0.25, -0.2) is 29.9 Å². The summed E-state index contributed by atoms with van der Waals surface area (Å²) in [6.45, 7) is 1.98. The Hall–Kier alpha value is -8.41. The monoisotopic (exact) mass is 770 g/mol. The van der Waals surface area contributed by atoms with E-state index in [0.29, 0.717) is 40.5 Å². The number of fused-ring (bicyclic) bond motifs is 3. The average molecular weight is 771 g/mol. The molecule has 0 atom stereocenters. The zero-order valence-electron chi connectivity index (χ0n) is 32.5. The molecule has 10 rings (SSSR count). The summed E-state index contributed by atoms with van der Waals surface area (Å²) in [4.78, 5) is 30.1. The molecule has 0 radical (unpaired) electrons. The van der Waals surface area contributed by atoms with Gasteiger partial charge in [0.25, 0.3) is 0 Å². The number of rotatable bonds is 8. The molecule has 3 heterocycles. The van der Waals surface area contributed by atoms with E-state index in [9.17, 15) is 5.26 Å². The van der Waals surface area contributed by atoms with Crippen LogP contribution in [0.25, 0.3) is 102 Å². The van der Waals surface area contributed by atoms with E-state index in [1.807, 2.05) is 159 Å². The second kappa shape index (κ2) is 15.5. The fraction of sp³-hybridized carbons (Fsp3) is 0.0192. The third kappa shape index (κ3) is 6.76. The first kappa shape index (κ1) is 36.0. The molecule has 0 saturated carbocycles. The minimum Gasteiger partial charge on any atom is -0.309 e. The number of aromatic nitrogens is 7. The topological polar surface area (TPSA) is 106 Å². The summed E-state index contributed by atoms with van der Waals surface area (Å²) < 4.78 is 2.26. The van der Waals surface area contributed by atoms with Crippen molar-refractivity contribution in [2.75, 3.05) is 0 Å². The van der Waals surface area contributed by atoms with Crippen molar-refractivity contribution in [3.8, 4) is 80.1 Å². The highest BCUT2D eigenvalue weighted by atomic mass is 15.0. The van der Waals surface area contributed by atoms with Gasteiger partial charge in [0.05, 0.1) is 28.4 Å². The van der Waals surface area contributed by atoms with E-state index in [2.05, 4.69) is 47.0 Å². The summed E-state index contributed by atoms with van der Waals surface area (Å²) in [5.74, 6) is 3.50. The molecule has 8 heteroatoms. The van der Waals surface area contributed by atoms with Crippen molar-refractivity contribution in [2.45, 2.75) is 6.92 Å². The minimum atomic E-state index is 0.562. The van der Waals surface area contributed by atoms with Gasteiger partial charge in [0.1, 0.15) is 0 Å². The zero-order valence-corrected chi connectivity index (χ0v) is 32.5. The second-order valence-corrected chi connectivity index (χ2v) is 14.3. The molecule has 8 nitrogen and oxygen atoms in total. The number of nitrogens with zero attached hydrogens (tertiary/aromatic N) is 8.